The summed E-state index contributed by atoms with van der Waals surface area (Å²) >= 11 is 6.24. The van der Waals surface area contributed by atoms with Crippen molar-refractivity contribution in [2.45, 2.75) is 64.0 Å². The molecule has 4 N–H and O–H groups in total. The summed E-state index contributed by atoms with van der Waals surface area (Å²) in [6.07, 6.45) is 10.7. The summed E-state index contributed by atoms with van der Waals surface area (Å²) < 4.78 is 12.8. The van der Waals surface area contributed by atoms with Crippen molar-refractivity contribution in [3.8, 4) is 0 Å². The van der Waals surface area contributed by atoms with Gasteiger partial charge in [0.05, 0.1) is 17.5 Å². The minimum atomic E-state index is -0.499. The molecule has 0 fully saturated rings. The van der Waals surface area contributed by atoms with E-state index in [4.69, 9.17) is 26.5 Å². The van der Waals surface area contributed by atoms with Crippen LogP contribution in [-0.2, 0) is 35.5 Å². The Hall–Kier alpha value is -4.70. The van der Waals surface area contributed by atoms with Gasteiger partial charge in [-0.25, -0.2) is 9.78 Å². The first kappa shape index (κ1) is 30.9. The van der Waals surface area contributed by atoms with E-state index in [0.29, 0.717) is 39.1 Å². The largest absolute Gasteiger partial charge is 0.456 e. The maximum Gasteiger partial charge on any atom is 0.336 e. The summed E-state index contributed by atoms with van der Waals surface area (Å²) in [6.45, 7) is 0.841. The van der Waals surface area contributed by atoms with Gasteiger partial charge in [-0.3, -0.25) is 4.79 Å². The second-order valence-electron chi connectivity index (χ2n) is 13.0. The van der Waals surface area contributed by atoms with Crippen LogP contribution < -0.4 is 25.9 Å². The van der Waals surface area contributed by atoms with Gasteiger partial charge >= 0.3 is 11.6 Å². The van der Waals surface area contributed by atoms with Crippen LogP contribution in [-0.4, -0.2) is 30.4 Å². The highest BCUT2D eigenvalue weighted by Crippen LogP contribution is 2.46. The normalized spacial score (nSPS) is 17.0. The van der Waals surface area contributed by atoms with E-state index in [1.54, 1.807) is 6.07 Å². The number of aromatic amines is 2. The van der Waals surface area contributed by atoms with Crippen LogP contribution in [0.25, 0.3) is 21.9 Å². The minimum Gasteiger partial charge on any atom is -0.456 e. The summed E-state index contributed by atoms with van der Waals surface area (Å²) in [7, 11) is 3.82. The number of rotatable bonds is 10. The van der Waals surface area contributed by atoms with Gasteiger partial charge in [0, 0.05) is 65.5 Å². The Labute approximate surface area is 277 Å². The number of H-pyrrole nitrogens is 2. The average molecular weight is 655 g/mol. The second kappa shape index (κ2) is 12.8. The molecule has 0 aliphatic heterocycles. The van der Waals surface area contributed by atoms with Crippen molar-refractivity contribution < 1.29 is 23.6 Å². The molecule has 47 heavy (non-hydrogen) atoms. The topological polar surface area (TPSA) is 132 Å². The Morgan fingerprint density at radius 3 is 2.87 bits per heavy atom. The zero-order chi connectivity index (χ0) is 32.7. The standard InChI is InChI=1S/C36H37ClN6O4/c1-42(2)27-7-9-28-23(16-34(45)47-32(28)18-27)15-33(44)46-20-26-19-43(41-40-26)10-4-3-5-21-11-22-13-24(12-21)35-31(14-22)39-30-17-25(37)6-8-29(30)36(35)38/h6-9,11,16-19,22,24H,3-5,10,12-15,20H2,1-2H3,(H2,38,39)/p+2. The lowest BCUT2D eigenvalue weighted by molar-refractivity contribution is -0.754. The molecular weight excluding hydrogens is 616 g/mol. The zero-order valence-corrected chi connectivity index (χ0v) is 27.4. The van der Waals surface area contributed by atoms with Crippen LogP contribution in [0.2, 0.25) is 5.02 Å². The molecule has 2 atom stereocenters. The number of ether oxygens (including phenoxy) is 1. The van der Waals surface area contributed by atoms with E-state index in [9.17, 15) is 9.59 Å². The number of carbonyl (C=O) groups excluding carboxylic acids is 1. The van der Waals surface area contributed by atoms with Crippen molar-refractivity contribution in [3.05, 3.63) is 98.3 Å². The van der Waals surface area contributed by atoms with Crippen molar-refractivity contribution in [2.75, 3.05) is 24.7 Å². The van der Waals surface area contributed by atoms with Crippen molar-refractivity contribution in [2.24, 2.45) is 5.92 Å². The molecule has 3 aromatic heterocycles. The lowest BCUT2D eigenvalue weighted by Crippen LogP contribution is -2.35. The number of fused-ring (bicyclic) bond motifs is 6. The van der Waals surface area contributed by atoms with Gasteiger partial charge in [-0.15, -0.1) is 0 Å². The van der Waals surface area contributed by atoms with Crippen molar-refractivity contribution in [3.63, 3.8) is 0 Å². The number of halogens is 1. The Balaban J connectivity index is 0.894. The first-order valence-corrected chi connectivity index (χ1v) is 16.5. The second-order valence-corrected chi connectivity index (χ2v) is 13.5. The highest BCUT2D eigenvalue weighted by molar-refractivity contribution is 6.31. The summed E-state index contributed by atoms with van der Waals surface area (Å²) in [5, 5.41) is 9.79. The molecule has 242 valence electrons. The van der Waals surface area contributed by atoms with Crippen LogP contribution in [0, 0.1) is 5.92 Å². The fraction of sp³-hybridized carbons (Fsp3) is 0.361. The number of benzene rings is 2. The van der Waals surface area contributed by atoms with Gasteiger partial charge in [-0.05, 0) is 73.8 Å². The molecule has 0 spiro atoms. The number of nitrogens with two attached hydrogens (primary N) is 1. The number of anilines is 2. The lowest BCUT2D eigenvalue weighted by atomic mass is 9.70. The number of aromatic nitrogens is 4. The van der Waals surface area contributed by atoms with Gasteiger partial charge in [0.25, 0.3) is 5.69 Å². The van der Waals surface area contributed by atoms with Crippen LogP contribution in [0.4, 0.5) is 11.4 Å². The van der Waals surface area contributed by atoms with Gasteiger partial charge in [0.2, 0.25) is 5.52 Å². The fourth-order valence-corrected chi connectivity index (χ4v) is 7.42. The highest BCUT2D eigenvalue weighted by Gasteiger charge is 2.36. The monoisotopic (exact) mass is 654 g/mol. The molecule has 5 aromatic rings. The maximum absolute atomic E-state index is 12.7. The van der Waals surface area contributed by atoms with E-state index in [1.165, 1.54) is 22.9 Å². The summed E-state index contributed by atoms with van der Waals surface area (Å²) in [5.41, 5.74) is 14.8. The molecule has 2 aromatic carbocycles. The van der Waals surface area contributed by atoms with E-state index >= 15 is 0 Å². The minimum absolute atomic E-state index is 0.0344. The van der Waals surface area contributed by atoms with E-state index in [2.05, 4.69) is 21.4 Å². The molecule has 2 unspecified atom stereocenters. The number of aryl methyl sites for hydroxylation is 1. The molecular formula is C36H39ClN6O4+2. The summed E-state index contributed by atoms with van der Waals surface area (Å²) in [4.78, 5) is 30.4. The van der Waals surface area contributed by atoms with E-state index in [1.807, 2.05) is 60.2 Å². The quantitative estimate of drug-likeness (QED) is 0.0695. The van der Waals surface area contributed by atoms with Gasteiger partial charge in [-0.1, -0.05) is 28.5 Å². The van der Waals surface area contributed by atoms with Gasteiger partial charge in [0.15, 0.2) is 18.5 Å². The molecule has 0 radical (unpaired) electrons. The molecule has 11 heteroatoms. The van der Waals surface area contributed by atoms with Gasteiger partial charge < -0.3 is 19.8 Å². The van der Waals surface area contributed by atoms with Gasteiger partial charge in [-0.2, -0.15) is 4.68 Å². The smallest absolute Gasteiger partial charge is 0.336 e. The molecule has 7 rings (SSSR count). The zero-order valence-electron chi connectivity index (χ0n) is 26.6. The molecule has 2 aliphatic carbocycles. The number of hydrogen-bond acceptors (Lipinski definition) is 7. The van der Waals surface area contributed by atoms with Gasteiger partial charge in [0.1, 0.15) is 12.1 Å². The van der Waals surface area contributed by atoms with E-state index in [0.717, 1.165) is 67.3 Å². The molecule has 10 nitrogen and oxygen atoms in total. The van der Waals surface area contributed by atoms with E-state index in [-0.39, 0.29) is 13.0 Å². The fourth-order valence-electron chi connectivity index (χ4n) is 7.25. The highest BCUT2D eigenvalue weighted by atomic mass is 35.5. The number of nitrogens with zero attached hydrogens (tertiary/aromatic N) is 3. The number of hydrogen-bond donors (Lipinski definition) is 2. The Morgan fingerprint density at radius 1 is 1.17 bits per heavy atom. The first-order chi connectivity index (χ1) is 22.7. The van der Waals surface area contributed by atoms with Crippen molar-refractivity contribution in [1.82, 2.24) is 10.3 Å². The lowest BCUT2D eigenvalue weighted by Gasteiger charge is -2.34. The third-order valence-electron chi connectivity index (χ3n) is 9.43. The third-order valence-corrected chi connectivity index (χ3v) is 9.67. The number of nitrogens with one attached hydrogen (secondary N) is 2. The molecule has 0 amide bonds. The van der Waals surface area contributed by atoms with Crippen LogP contribution in [0.3, 0.4) is 0 Å². The van der Waals surface area contributed by atoms with Crippen LogP contribution >= 0.6 is 11.6 Å². The molecule has 2 bridgehead atoms. The molecule has 2 aliphatic rings. The van der Waals surface area contributed by atoms with E-state index < -0.39 is 11.6 Å². The summed E-state index contributed by atoms with van der Waals surface area (Å²) in [5.74, 6) is 0.541. The van der Waals surface area contributed by atoms with Crippen LogP contribution in [0.15, 0.2) is 69.5 Å². The SMILES string of the molecule is CN(C)c1ccc2c(CC(=O)OCc3c[n+](CCCCC4=CC5Cc6[nH+]c7cc(Cl)ccc7c(N)c6C(C4)C5)[nH]n3)cc(=O)oc2c1. The number of allylic oxidation sites excluding steroid dienone is 2. The molecule has 0 saturated heterocycles. The number of pyridine rings is 1. The first-order valence-electron chi connectivity index (χ1n) is 16.2. The van der Waals surface area contributed by atoms with Crippen molar-refractivity contribution >= 4 is 50.8 Å². The van der Waals surface area contributed by atoms with Crippen LogP contribution in [0.1, 0.15) is 60.5 Å². The Kier molecular flexibility index (Phi) is 8.44. The van der Waals surface area contributed by atoms with Crippen molar-refractivity contribution in [1.29, 1.82) is 0 Å². The predicted molar refractivity (Wildman–Crippen MR) is 180 cm³/mol. The predicted octanol–water partition coefficient (Wildman–Crippen LogP) is 5.21. The number of esters is 1. The maximum atomic E-state index is 12.7. The Morgan fingerprint density at radius 2 is 2.02 bits per heavy atom. The average Bonchev–Trinajstić information content (AvgIpc) is 3.49. The van der Waals surface area contributed by atoms with Crippen LogP contribution in [0.5, 0.6) is 0 Å². The number of nitrogen functional groups attached to an aromatic ring is 1. The Bertz CT molecular complexity index is 2080. The third kappa shape index (κ3) is 6.60. The summed E-state index contributed by atoms with van der Waals surface area (Å²) in [6, 6.07) is 12.8. The molecule has 0 saturated carbocycles. The number of unbranched alkanes of at least 4 members (excludes halogenated alkanes) is 1. The number of carbonyl (C=O) groups is 1. The molecule has 3 heterocycles.